The van der Waals surface area contributed by atoms with E-state index in [1.54, 1.807) is 18.0 Å². The van der Waals surface area contributed by atoms with Crippen LogP contribution in [-0.4, -0.2) is 44.7 Å². The molecule has 0 saturated heterocycles. The van der Waals surface area contributed by atoms with E-state index in [4.69, 9.17) is 14.8 Å². The lowest BCUT2D eigenvalue weighted by Crippen LogP contribution is -2.36. The Morgan fingerprint density at radius 1 is 0.854 bits per heavy atom. The van der Waals surface area contributed by atoms with Gasteiger partial charge in [0.2, 0.25) is 0 Å². The van der Waals surface area contributed by atoms with Gasteiger partial charge in [-0.15, -0.1) is 0 Å². The van der Waals surface area contributed by atoms with Crippen LogP contribution >= 0.6 is 0 Å². The molecule has 7 aromatic rings. The minimum Gasteiger partial charge on any atom is -0.382 e. The van der Waals surface area contributed by atoms with Crippen LogP contribution in [0.15, 0.2) is 140 Å². The molecule has 238 valence electrons. The van der Waals surface area contributed by atoms with E-state index in [9.17, 15) is 4.79 Å². The minimum absolute atomic E-state index is 0.309. The summed E-state index contributed by atoms with van der Waals surface area (Å²) in [6.45, 7) is 0.309. The van der Waals surface area contributed by atoms with Gasteiger partial charge in [0.25, 0.3) is 0 Å². The predicted molar refractivity (Wildman–Crippen MR) is 188 cm³/mol. The summed E-state index contributed by atoms with van der Waals surface area (Å²) in [6.07, 6.45) is 3.74. The van der Waals surface area contributed by atoms with Crippen molar-refractivity contribution in [2.75, 3.05) is 19.0 Å². The highest BCUT2D eigenvalue weighted by atomic mass is 16.5. The molecule has 0 aliphatic rings. The second-order valence-corrected chi connectivity index (χ2v) is 11.6. The summed E-state index contributed by atoms with van der Waals surface area (Å²) < 4.78 is 7.20. The first kappa shape index (κ1) is 30.6. The molecule has 4 aromatic carbocycles. The SMILES string of the molecule is COC[C@@H](NC(=O)Nc1cc2[nH]nc(-c3cnn(C)c3)c2c(C(c2ccccc2)(c2ccccc2)c2ccccc2)n1)c1ccccc1. The van der Waals surface area contributed by atoms with Crippen molar-refractivity contribution < 1.29 is 9.53 Å². The number of nitrogens with zero attached hydrogens (tertiary/aromatic N) is 4. The van der Waals surface area contributed by atoms with E-state index < -0.39 is 11.4 Å². The number of aromatic nitrogens is 5. The van der Waals surface area contributed by atoms with Crippen molar-refractivity contribution in [2.45, 2.75) is 11.5 Å². The first-order chi connectivity index (χ1) is 23.6. The largest absolute Gasteiger partial charge is 0.382 e. The normalized spacial score (nSPS) is 12.1. The summed E-state index contributed by atoms with van der Waals surface area (Å²) in [7, 11) is 3.50. The zero-order valence-corrected chi connectivity index (χ0v) is 26.7. The molecule has 0 radical (unpaired) electrons. The van der Waals surface area contributed by atoms with Gasteiger partial charge >= 0.3 is 6.03 Å². The van der Waals surface area contributed by atoms with Crippen molar-refractivity contribution in [3.63, 3.8) is 0 Å². The number of amides is 2. The van der Waals surface area contributed by atoms with Gasteiger partial charge in [0.1, 0.15) is 11.5 Å². The third kappa shape index (κ3) is 5.72. The molecule has 0 aliphatic carbocycles. The number of rotatable bonds is 10. The number of nitrogens with one attached hydrogen (secondary N) is 3. The number of aryl methyl sites for hydroxylation is 1. The van der Waals surface area contributed by atoms with E-state index >= 15 is 0 Å². The van der Waals surface area contributed by atoms with Crippen molar-refractivity contribution >= 4 is 22.8 Å². The Bertz CT molecular complexity index is 2030. The molecule has 3 N–H and O–H groups in total. The van der Waals surface area contributed by atoms with Crippen molar-refractivity contribution in [1.82, 2.24) is 30.3 Å². The van der Waals surface area contributed by atoms with E-state index in [1.807, 2.05) is 104 Å². The molecule has 0 saturated carbocycles. The number of pyridine rings is 1. The molecule has 3 heterocycles. The maximum Gasteiger partial charge on any atom is 0.320 e. The lowest BCUT2D eigenvalue weighted by molar-refractivity contribution is 0.168. The van der Waals surface area contributed by atoms with Crippen LogP contribution in [0.1, 0.15) is 34.0 Å². The van der Waals surface area contributed by atoms with Crippen LogP contribution in [0.2, 0.25) is 0 Å². The molecule has 3 aromatic heterocycles. The Labute approximate surface area is 278 Å². The number of H-pyrrole nitrogens is 1. The van der Waals surface area contributed by atoms with Gasteiger partial charge < -0.3 is 10.1 Å². The molecule has 0 bridgehead atoms. The lowest BCUT2D eigenvalue weighted by Gasteiger charge is -2.36. The molecular formula is C39H35N7O2. The lowest BCUT2D eigenvalue weighted by atomic mass is 9.66. The molecule has 2 amide bonds. The van der Waals surface area contributed by atoms with Gasteiger partial charge in [0, 0.05) is 32.0 Å². The van der Waals surface area contributed by atoms with Crippen LogP contribution in [0.25, 0.3) is 22.2 Å². The highest BCUT2D eigenvalue weighted by Gasteiger charge is 2.42. The van der Waals surface area contributed by atoms with Gasteiger partial charge in [0.05, 0.1) is 40.9 Å². The van der Waals surface area contributed by atoms with E-state index in [0.29, 0.717) is 23.8 Å². The van der Waals surface area contributed by atoms with Gasteiger partial charge in [-0.1, -0.05) is 121 Å². The van der Waals surface area contributed by atoms with Crippen LogP contribution < -0.4 is 10.6 Å². The Balaban J connectivity index is 1.47. The summed E-state index contributed by atoms with van der Waals surface area (Å²) in [6, 6.07) is 41.8. The van der Waals surface area contributed by atoms with E-state index in [2.05, 4.69) is 57.2 Å². The zero-order valence-electron chi connectivity index (χ0n) is 26.7. The van der Waals surface area contributed by atoms with Gasteiger partial charge in [0.15, 0.2) is 0 Å². The van der Waals surface area contributed by atoms with Crippen LogP contribution in [-0.2, 0) is 17.2 Å². The first-order valence-electron chi connectivity index (χ1n) is 15.7. The summed E-state index contributed by atoms with van der Waals surface area (Å²) >= 11 is 0. The number of hydrogen-bond donors (Lipinski definition) is 3. The van der Waals surface area contributed by atoms with Gasteiger partial charge in [-0.05, 0) is 22.3 Å². The molecule has 48 heavy (non-hydrogen) atoms. The molecule has 0 fully saturated rings. The topological polar surface area (TPSA) is 110 Å². The zero-order chi connectivity index (χ0) is 32.9. The standard InChI is InChI=1S/C39H35N7O2/c1-46-25-28(24-40-46)36-35-32(44-45-36)23-34(43-38(47)41-33(26-48-2)27-15-7-3-8-16-27)42-37(35)39(29-17-9-4-10-18-29,30-19-11-5-12-20-30)31-21-13-6-14-22-31/h3-25,33H,26H2,1-2H3,(H,44,45)(H2,41,42,43,47)/t33-/m1/s1. The second-order valence-electron chi connectivity index (χ2n) is 11.6. The smallest absolute Gasteiger partial charge is 0.320 e. The fourth-order valence-electron chi connectivity index (χ4n) is 6.49. The molecule has 0 aliphatic heterocycles. The van der Waals surface area contributed by atoms with E-state index in [1.165, 1.54) is 0 Å². The van der Waals surface area contributed by atoms with Gasteiger partial charge in [-0.3, -0.25) is 15.1 Å². The highest BCUT2D eigenvalue weighted by molar-refractivity contribution is 5.99. The summed E-state index contributed by atoms with van der Waals surface area (Å²) in [4.78, 5) is 19.0. The number of hydrogen-bond acceptors (Lipinski definition) is 5. The number of ether oxygens (including phenoxy) is 1. The number of carbonyl (C=O) groups excluding carboxylic acids is 1. The van der Waals surface area contributed by atoms with E-state index in [0.717, 1.165) is 38.7 Å². The molecule has 7 rings (SSSR count). The number of anilines is 1. The Morgan fingerprint density at radius 3 is 1.94 bits per heavy atom. The Morgan fingerprint density at radius 2 is 1.42 bits per heavy atom. The van der Waals surface area contributed by atoms with Crippen LogP contribution in [0, 0.1) is 0 Å². The van der Waals surface area contributed by atoms with E-state index in [-0.39, 0.29) is 6.04 Å². The number of fused-ring (bicyclic) bond motifs is 1. The van der Waals surface area contributed by atoms with Crippen LogP contribution in [0.4, 0.5) is 10.6 Å². The second kappa shape index (κ2) is 13.4. The molecule has 0 unspecified atom stereocenters. The molecular weight excluding hydrogens is 598 g/mol. The van der Waals surface area contributed by atoms with Crippen molar-refractivity contribution in [2.24, 2.45) is 7.05 Å². The highest BCUT2D eigenvalue weighted by Crippen LogP contribution is 2.48. The summed E-state index contributed by atoms with van der Waals surface area (Å²) in [5, 5.41) is 19.4. The van der Waals surface area contributed by atoms with Crippen molar-refractivity contribution in [1.29, 1.82) is 0 Å². The molecule has 9 heteroatoms. The maximum absolute atomic E-state index is 13.7. The number of carbonyl (C=O) groups is 1. The minimum atomic E-state index is -0.903. The Hall–Kier alpha value is -6.06. The van der Waals surface area contributed by atoms with Crippen LogP contribution in [0.3, 0.4) is 0 Å². The van der Waals surface area contributed by atoms with Crippen molar-refractivity contribution in [3.8, 4) is 11.3 Å². The molecule has 9 nitrogen and oxygen atoms in total. The quantitative estimate of drug-likeness (QED) is 0.138. The average Bonchev–Trinajstić information content (AvgIpc) is 3.76. The summed E-state index contributed by atoms with van der Waals surface area (Å²) in [5.41, 5.74) is 6.07. The third-order valence-electron chi connectivity index (χ3n) is 8.58. The van der Waals surface area contributed by atoms with Gasteiger partial charge in [-0.2, -0.15) is 10.2 Å². The number of aromatic amines is 1. The van der Waals surface area contributed by atoms with Crippen LogP contribution in [0.5, 0.6) is 0 Å². The average molecular weight is 634 g/mol. The molecule has 0 spiro atoms. The number of urea groups is 1. The predicted octanol–water partition coefficient (Wildman–Crippen LogP) is 7.25. The third-order valence-corrected chi connectivity index (χ3v) is 8.58. The Kier molecular flexibility index (Phi) is 8.51. The fourth-order valence-corrected chi connectivity index (χ4v) is 6.49. The first-order valence-corrected chi connectivity index (χ1v) is 15.7. The number of methoxy groups -OCH3 is 1. The monoisotopic (exact) mass is 633 g/mol. The van der Waals surface area contributed by atoms with Crippen molar-refractivity contribution in [3.05, 3.63) is 168 Å². The maximum atomic E-state index is 13.7. The summed E-state index contributed by atoms with van der Waals surface area (Å²) in [5.74, 6) is 0.368. The number of benzene rings is 4. The molecule has 1 atom stereocenters. The van der Waals surface area contributed by atoms with Gasteiger partial charge in [-0.25, -0.2) is 9.78 Å². The fraction of sp³-hybridized carbons (Fsp3) is 0.128.